The van der Waals surface area contributed by atoms with Crippen LogP contribution >= 0.6 is 11.3 Å². The molecule has 0 amide bonds. The largest absolute Gasteiger partial charge is 0.374 e. The molecule has 0 saturated carbocycles. The number of benzene rings is 1. The van der Waals surface area contributed by atoms with E-state index in [4.69, 9.17) is 4.74 Å². The molecule has 1 heterocycles. The second-order valence-electron chi connectivity index (χ2n) is 6.77. The van der Waals surface area contributed by atoms with E-state index in [2.05, 4.69) is 0 Å². The summed E-state index contributed by atoms with van der Waals surface area (Å²) in [6.45, 7) is 9.28. The Balaban J connectivity index is 2.52. The van der Waals surface area contributed by atoms with Crippen LogP contribution in [-0.4, -0.2) is 38.7 Å². The Hall–Kier alpha value is -1.44. The molecule has 1 aromatic heterocycles. The molecule has 0 aliphatic carbocycles. The fourth-order valence-electron chi connectivity index (χ4n) is 2.51. The first-order valence-corrected chi connectivity index (χ1v) is 10.7. The topological polar surface area (TPSA) is 63.7 Å². The molecule has 0 spiro atoms. The number of rotatable bonds is 7. The van der Waals surface area contributed by atoms with E-state index in [1.807, 2.05) is 45.0 Å². The summed E-state index contributed by atoms with van der Waals surface area (Å²) >= 11 is 1.33. The number of carbonyl (C=O) groups is 1. The van der Waals surface area contributed by atoms with Gasteiger partial charge in [0.05, 0.1) is 30.1 Å². The van der Waals surface area contributed by atoms with Gasteiger partial charge in [0, 0.05) is 10.1 Å². The van der Waals surface area contributed by atoms with Crippen LogP contribution < -0.4 is 4.31 Å². The molecule has 7 heteroatoms. The number of hydrogen-bond donors (Lipinski definition) is 0. The third-order valence-electron chi connectivity index (χ3n) is 3.69. The fraction of sp³-hybridized carbons (Fsp3) is 0.500. The van der Waals surface area contributed by atoms with E-state index in [0.717, 1.165) is 10.1 Å². The summed E-state index contributed by atoms with van der Waals surface area (Å²) in [4.78, 5) is 12.2. The maximum Gasteiger partial charge on any atom is 0.235 e. The van der Waals surface area contributed by atoms with Crippen molar-refractivity contribution in [3.63, 3.8) is 0 Å². The lowest BCUT2D eigenvalue weighted by molar-refractivity contribution is 0.00234. The number of carbonyl (C=O) groups excluding carboxylic acids is 1. The van der Waals surface area contributed by atoms with Crippen molar-refractivity contribution in [1.82, 2.24) is 0 Å². The van der Waals surface area contributed by atoms with E-state index in [0.29, 0.717) is 10.6 Å². The number of fused-ring (bicyclic) bond motifs is 1. The summed E-state index contributed by atoms with van der Waals surface area (Å²) < 4.78 is 33.3. The molecule has 0 aliphatic rings. The number of hydrogen-bond acceptors (Lipinski definition) is 5. The van der Waals surface area contributed by atoms with Crippen LogP contribution in [0.5, 0.6) is 0 Å². The third kappa shape index (κ3) is 4.59. The highest BCUT2D eigenvalue weighted by molar-refractivity contribution is 7.93. The van der Waals surface area contributed by atoms with Crippen molar-refractivity contribution in [2.45, 2.75) is 40.2 Å². The number of anilines is 1. The second-order valence-corrected chi connectivity index (χ2v) is 9.98. The van der Waals surface area contributed by atoms with Crippen LogP contribution in [0.4, 0.5) is 5.00 Å². The van der Waals surface area contributed by atoms with E-state index in [1.165, 1.54) is 22.6 Å². The van der Waals surface area contributed by atoms with Gasteiger partial charge in [-0.05, 0) is 40.7 Å². The monoisotopic (exact) mass is 383 g/mol. The van der Waals surface area contributed by atoms with Crippen LogP contribution in [0.2, 0.25) is 0 Å². The Morgan fingerprint density at radius 2 is 1.88 bits per heavy atom. The number of nitrogens with zero attached hydrogens (tertiary/aromatic N) is 1. The van der Waals surface area contributed by atoms with Gasteiger partial charge in [0.25, 0.3) is 0 Å². The zero-order chi connectivity index (χ0) is 18.8. The molecular formula is C18H25NO4S2. The van der Waals surface area contributed by atoms with E-state index in [1.54, 1.807) is 6.92 Å². The predicted octanol–water partition coefficient (Wildman–Crippen LogP) is 4.08. The van der Waals surface area contributed by atoms with Gasteiger partial charge in [0.2, 0.25) is 10.0 Å². The summed E-state index contributed by atoms with van der Waals surface area (Å²) in [6, 6.07) is 7.49. The van der Waals surface area contributed by atoms with Crippen LogP contribution in [0.1, 0.15) is 45.0 Å². The number of thiophene rings is 1. The van der Waals surface area contributed by atoms with Crippen molar-refractivity contribution in [2.75, 3.05) is 23.2 Å². The number of sulfonamides is 1. The summed E-state index contributed by atoms with van der Waals surface area (Å²) in [6.07, 6.45) is 0. The summed E-state index contributed by atoms with van der Waals surface area (Å²) in [5, 5.41) is 1.27. The van der Waals surface area contributed by atoms with Crippen LogP contribution in [0.3, 0.4) is 0 Å². The number of ketones is 1. The van der Waals surface area contributed by atoms with Crippen molar-refractivity contribution in [3.8, 4) is 0 Å². The zero-order valence-electron chi connectivity index (χ0n) is 15.3. The second kappa shape index (κ2) is 7.43. The van der Waals surface area contributed by atoms with E-state index in [-0.39, 0.29) is 30.3 Å². The van der Waals surface area contributed by atoms with Crippen molar-refractivity contribution >= 4 is 42.2 Å². The first-order valence-electron chi connectivity index (χ1n) is 8.23. The Labute approximate surface area is 153 Å². The van der Waals surface area contributed by atoms with Gasteiger partial charge in [-0.15, -0.1) is 11.3 Å². The standard InChI is InChI=1S/C18H25NO4S2/c1-6-25(21,22)19(11-12-23-18(3,4)5)17-16(13(2)20)14-9-7-8-10-15(14)24-17/h7-10H,6,11-12H2,1-5H3. The summed E-state index contributed by atoms with van der Waals surface area (Å²) in [5.41, 5.74) is 0.110. The van der Waals surface area contributed by atoms with E-state index in [9.17, 15) is 13.2 Å². The van der Waals surface area contributed by atoms with Crippen molar-refractivity contribution < 1.29 is 17.9 Å². The van der Waals surface area contributed by atoms with Gasteiger partial charge in [0.15, 0.2) is 5.78 Å². The predicted molar refractivity (Wildman–Crippen MR) is 104 cm³/mol. The third-order valence-corrected chi connectivity index (χ3v) is 6.76. The van der Waals surface area contributed by atoms with Crippen LogP contribution in [0.25, 0.3) is 10.1 Å². The molecule has 138 valence electrons. The lowest BCUT2D eigenvalue weighted by atomic mass is 10.1. The first kappa shape index (κ1) is 19.9. The smallest absolute Gasteiger partial charge is 0.235 e. The maximum atomic E-state index is 12.7. The van der Waals surface area contributed by atoms with Gasteiger partial charge in [-0.3, -0.25) is 9.10 Å². The minimum absolute atomic E-state index is 0.0336. The molecule has 5 nitrogen and oxygen atoms in total. The first-order chi connectivity index (χ1) is 11.6. The van der Waals surface area contributed by atoms with Gasteiger partial charge in [0.1, 0.15) is 5.00 Å². The molecular weight excluding hydrogens is 358 g/mol. The molecule has 0 bridgehead atoms. The van der Waals surface area contributed by atoms with Gasteiger partial charge < -0.3 is 4.74 Å². The summed E-state index contributed by atoms with van der Waals surface area (Å²) in [7, 11) is -3.52. The van der Waals surface area contributed by atoms with Crippen molar-refractivity contribution in [2.24, 2.45) is 0 Å². The van der Waals surface area contributed by atoms with E-state index >= 15 is 0 Å². The van der Waals surface area contributed by atoms with Gasteiger partial charge >= 0.3 is 0 Å². The van der Waals surface area contributed by atoms with Crippen LogP contribution in [0, 0.1) is 0 Å². The minimum Gasteiger partial charge on any atom is -0.374 e. The zero-order valence-corrected chi connectivity index (χ0v) is 17.0. The molecule has 0 saturated heterocycles. The quantitative estimate of drug-likeness (QED) is 0.676. The minimum atomic E-state index is -3.52. The fourth-order valence-corrected chi connectivity index (χ4v) is 5.15. The molecule has 0 aliphatic heterocycles. The SMILES string of the molecule is CCS(=O)(=O)N(CCOC(C)(C)C)c1sc2ccccc2c1C(C)=O. The molecule has 0 radical (unpaired) electrons. The molecule has 0 N–H and O–H groups in total. The highest BCUT2D eigenvalue weighted by Gasteiger charge is 2.28. The molecule has 2 aromatic rings. The number of ether oxygens (including phenoxy) is 1. The molecule has 0 unspecified atom stereocenters. The Morgan fingerprint density at radius 3 is 2.44 bits per heavy atom. The lowest BCUT2D eigenvalue weighted by Gasteiger charge is -2.26. The Kier molecular flexibility index (Phi) is 5.91. The van der Waals surface area contributed by atoms with Gasteiger partial charge in [-0.25, -0.2) is 8.42 Å². The molecule has 1 aromatic carbocycles. The average Bonchev–Trinajstić information content (AvgIpc) is 2.89. The Morgan fingerprint density at radius 1 is 1.24 bits per heavy atom. The van der Waals surface area contributed by atoms with Gasteiger partial charge in [-0.2, -0.15) is 0 Å². The Bertz CT molecular complexity index is 863. The molecule has 2 rings (SSSR count). The summed E-state index contributed by atoms with van der Waals surface area (Å²) in [5.74, 6) is -0.172. The number of Topliss-reactive ketones (excluding diaryl/α,β-unsaturated/α-hetero) is 1. The maximum absolute atomic E-state index is 12.7. The van der Waals surface area contributed by atoms with Gasteiger partial charge in [-0.1, -0.05) is 18.2 Å². The highest BCUT2D eigenvalue weighted by Crippen LogP contribution is 2.39. The molecule has 0 atom stereocenters. The van der Waals surface area contributed by atoms with E-state index < -0.39 is 10.0 Å². The molecule has 25 heavy (non-hydrogen) atoms. The normalized spacial score (nSPS) is 12.5. The average molecular weight is 384 g/mol. The van der Waals surface area contributed by atoms with Crippen molar-refractivity contribution in [3.05, 3.63) is 29.8 Å². The molecule has 0 fully saturated rings. The highest BCUT2D eigenvalue weighted by atomic mass is 32.2. The van der Waals surface area contributed by atoms with Crippen LogP contribution in [0.15, 0.2) is 24.3 Å². The lowest BCUT2D eigenvalue weighted by Crippen LogP contribution is -2.37. The van der Waals surface area contributed by atoms with Crippen LogP contribution in [-0.2, 0) is 14.8 Å². The van der Waals surface area contributed by atoms with Crippen molar-refractivity contribution in [1.29, 1.82) is 0 Å².